The standard InChI is InChI=1S/C22H22N2O2/c1-3-26-22-7-5-4-6-20(22)17-10-12-24(13-11-17)21-14-18(16(2)25)8-9-19(21)15-23/h4-10,14H,3,11-13H2,1-2H3. The SMILES string of the molecule is CCOc1ccccc1C1=CCN(c2cc(C(C)=O)ccc2C#N)CC1. The van der Waals surface area contributed by atoms with E-state index >= 15 is 0 Å². The largest absolute Gasteiger partial charge is 0.493 e. The highest BCUT2D eigenvalue weighted by Crippen LogP contribution is 2.32. The molecule has 0 radical (unpaired) electrons. The predicted molar refractivity (Wildman–Crippen MR) is 104 cm³/mol. The molecule has 1 aliphatic rings. The van der Waals surface area contributed by atoms with Crippen LogP contribution in [0, 0.1) is 11.3 Å². The van der Waals surface area contributed by atoms with Gasteiger partial charge in [0.15, 0.2) is 5.78 Å². The molecule has 1 heterocycles. The quantitative estimate of drug-likeness (QED) is 0.751. The summed E-state index contributed by atoms with van der Waals surface area (Å²) in [5, 5.41) is 9.41. The zero-order valence-electron chi connectivity index (χ0n) is 15.2. The maximum atomic E-state index is 11.7. The van der Waals surface area contributed by atoms with E-state index in [0.717, 1.165) is 30.0 Å². The minimum atomic E-state index is 0.00891. The van der Waals surface area contributed by atoms with Gasteiger partial charge in [-0.1, -0.05) is 24.3 Å². The molecule has 0 spiro atoms. The van der Waals surface area contributed by atoms with Crippen molar-refractivity contribution in [1.29, 1.82) is 5.26 Å². The van der Waals surface area contributed by atoms with Crippen LogP contribution < -0.4 is 9.64 Å². The van der Waals surface area contributed by atoms with Crippen LogP contribution in [-0.2, 0) is 0 Å². The number of hydrogen-bond donors (Lipinski definition) is 0. The second-order valence-electron chi connectivity index (χ2n) is 6.25. The molecule has 0 atom stereocenters. The molecular weight excluding hydrogens is 324 g/mol. The molecule has 4 heteroatoms. The Hall–Kier alpha value is -3.06. The van der Waals surface area contributed by atoms with Gasteiger partial charge in [0.05, 0.1) is 17.9 Å². The molecule has 0 amide bonds. The van der Waals surface area contributed by atoms with Gasteiger partial charge in [-0.15, -0.1) is 0 Å². The number of anilines is 1. The number of hydrogen-bond acceptors (Lipinski definition) is 4. The molecular formula is C22H22N2O2. The molecule has 2 aromatic rings. The summed E-state index contributed by atoms with van der Waals surface area (Å²) in [5.74, 6) is 0.917. The van der Waals surface area contributed by atoms with E-state index in [4.69, 9.17) is 4.74 Å². The van der Waals surface area contributed by atoms with Crippen LogP contribution in [0.4, 0.5) is 5.69 Å². The highest BCUT2D eigenvalue weighted by atomic mass is 16.5. The first-order chi connectivity index (χ1) is 12.6. The first kappa shape index (κ1) is 17.8. The van der Waals surface area contributed by atoms with Crippen LogP contribution in [0.3, 0.4) is 0 Å². The van der Waals surface area contributed by atoms with Gasteiger partial charge >= 0.3 is 0 Å². The summed E-state index contributed by atoms with van der Waals surface area (Å²) < 4.78 is 5.75. The van der Waals surface area contributed by atoms with Gasteiger partial charge in [-0.3, -0.25) is 4.79 Å². The number of para-hydroxylation sites is 1. The van der Waals surface area contributed by atoms with Gasteiger partial charge < -0.3 is 9.64 Å². The topological polar surface area (TPSA) is 53.3 Å². The minimum Gasteiger partial charge on any atom is -0.493 e. The zero-order chi connectivity index (χ0) is 18.5. The Morgan fingerprint density at radius 1 is 1.27 bits per heavy atom. The van der Waals surface area contributed by atoms with E-state index in [1.807, 2.05) is 31.2 Å². The highest BCUT2D eigenvalue weighted by molar-refractivity contribution is 5.95. The summed E-state index contributed by atoms with van der Waals surface area (Å²) in [7, 11) is 0. The fourth-order valence-corrected chi connectivity index (χ4v) is 3.25. The summed E-state index contributed by atoms with van der Waals surface area (Å²) >= 11 is 0. The molecule has 3 rings (SSSR count). The van der Waals surface area contributed by atoms with Gasteiger partial charge in [-0.25, -0.2) is 0 Å². The number of ketones is 1. The number of benzene rings is 2. The Balaban J connectivity index is 1.88. The smallest absolute Gasteiger partial charge is 0.159 e. The van der Waals surface area contributed by atoms with Crippen LogP contribution >= 0.6 is 0 Å². The summed E-state index contributed by atoms with van der Waals surface area (Å²) in [6.45, 7) is 5.66. The predicted octanol–water partition coefficient (Wildman–Crippen LogP) is 4.45. The molecule has 0 N–H and O–H groups in total. The van der Waals surface area contributed by atoms with Gasteiger partial charge in [0.2, 0.25) is 0 Å². The summed E-state index contributed by atoms with van der Waals surface area (Å²) in [6, 6.07) is 15.6. The van der Waals surface area contributed by atoms with E-state index in [-0.39, 0.29) is 5.78 Å². The van der Waals surface area contributed by atoms with E-state index < -0.39 is 0 Å². The molecule has 0 bridgehead atoms. The van der Waals surface area contributed by atoms with E-state index in [1.165, 1.54) is 5.57 Å². The van der Waals surface area contributed by atoms with Crippen molar-refractivity contribution in [3.8, 4) is 11.8 Å². The third-order valence-electron chi connectivity index (χ3n) is 4.61. The van der Waals surface area contributed by atoms with E-state index in [0.29, 0.717) is 24.3 Å². The maximum absolute atomic E-state index is 11.7. The lowest BCUT2D eigenvalue weighted by molar-refractivity contribution is 0.101. The fraction of sp³-hybridized carbons (Fsp3) is 0.273. The molecule has 4 nitrogen and oxygen atoms in total. The lowest BCUT2D eigenvalue weighted by Gasteiger charge is -2.30. The van der Waals surface area contributed by atoms with Gasteiger partial charge in [-0.05, 0) is 50.1 Å². The van der Waals surface area contributed by atoms with Gasteiger partial charge in [0, 0.05) is 24.2 Å². The van der Waals surface area contributed by atoms with Gasteiger partial charge in [0.25, 0.3) is 0 Å². The van der Waals surface area contributed by atoms with Crippen LogP contribution in [0.15, 0.2) is 48.5 Å². The van der Waals surface area contributed by atoms with Crippen molar-refractivity contribution in [1.82, 2.24) is 0 Å². The van der Waals surface area contributed by atoms with Crippen molar-refractivity contribution >= 4 is 17.0 Å². The minimum absolute atomic E-state index is 0.00891. The van der Waals surface area contributed by atoms with Crippen LogP contribution in [-0.4, -0.2) is 25.5 Å². The molecule has 1 aliphatic heterocycles. The molecule has 0 saturated carbocycles. The first-order valence-corrected chi connectivity index (χ1v) is 8.85. The van der Waals surface area contributed by atoms with Gasteiger partial charge in [0.1, 0.15) is 11.8 Å². The van der Waals surface area contributed by atoms with Crippen molar-refractivity contribution in [3.63, 3.8) is 0 Å². The third-order valence-corrected chi connectivity index (χ3v) is 4.61. The molecule has 0 saturated heterocycles. The summed E-state index contributed by atoms with van der Waals surface area (Å²) in [6.07, 6.45) is 3.04. The molecule has 2 aromatic carbocycles. The van der Waals surface area contributed by atoms with Crippen molar-refractivity contribution in [3.05, 3.63) is 65.2 Å². The highest BCUT2D eigenvalue weighted by Gasteiger charge is 2.19. The lowest BCUT2D eigenvalue weighted by atomic mass is 9.97. The fourth-order valence-electron chi connectivity index (χ4n) is 3.25. The zero-order valence-corrected chi connectivity index (χ0v) is 15.2. The second-order valence-corrected chi connectivity index (χ2v) is 6.25. The number of nitrogens with zero attached hydrogens (tertiary/aromatic N) is 2. The molecule has 0 unspecified atom stereocenters. The van der Waals surface area contributed by atoms with Crippen LogP contribution in [0.5, 0.6) is 5.75 Å². The molecule has 26 heavy (non-hydrogen) atoms. The van der Waals surface area contributed by atoms with Crippen molar-refractivity contribution in [2.45, 2.75) is 20.3 Å². The average molecular weight is 346 g/mol. The van der Waals surface area contributed by atoms with E-state index in [2.05, 4.69) is 23.1 Å². The van der Waals surface area contributed by atoms with Crippen LogP contribution in [0.25, 0.3) is 5.57 Å². The molecule has 0 fully saturated rings. The monoisotopic (exact) mass is 346 g/mol. The van der Waals surface area contributed by atoms with E-state index in [1.54, 1.807) is 19.1 Å². The van der Waals surface area contributed by atoms with Crippen LogP contribution in [0.1, 0.15) is 41.8 Å². The molecule has 132 valence electrons. The number of rotatable bonds is 5. The lowest BCUT2D eigenvalue weighted by Crippen LogP contribution is -2.29. The molecule has 0 aliphatic carbocycles. The van der Waals surface area contributed by atoms with Crippen molar-refractivity contribution in [2.24, 2.45) is 0 Å². The first-order valence-electron chi connectivity index (χ1n) is 8.85. The normalized spacial score (nSPS) is 13.7. The number of ether oxygens (including phenoxy) is 1. The summed E-state index contributed by atoms with van der Waals surface area (Å²) in [5.41, 5.74) is 4.45. The Labute approximate surface area is 154 Å². The third kappa shape index (κ3) is 3.62. The van der Waals surface area contributed by atoms with Crippen molar-refractivity contribution in [2.75, 3.05) is 24.6 Å². The number of nitriles is 1. The Kier molecular flexibility index (Phi) is 5.38. The Bertz CT molecular complexity index is 893. The number of Topliss-reactive ketones (excluding diaryl/α,β-unsaturated/α-hetero) is 1. The molecule has 0 aromatic heterocycles. The van der Waals surface area contributed by atoms with Crippen LogP contribution in [0.2, 0.25) is 0 Å². The average Bonchev–Trinajstić information content (AvgIpc) is 2.68. The Morgan fingerprint density at radius 3 is 2.73 bits per heavy atom. The maximum Gasteiger partial charge on any atom is 0.159 e. The Morgan fingerprint density at radius 2 is 2.08 bits per heavy atom. The van der Waals surface area contributed by atoms with E-state index in [9.17, 15) is 10.1 Å². The second kappa shape index (κ2) is 7.88. The van der Waals surface area contributed by atoms with Gasteiger partial charge in [-0.2, -0.15) is 5.26 Å². The number of carbonyl (C=O) groups is 1. The summed E-state index contributed by atoms with van der Waals surface area (Å²) in [4.78, 5) is 13.8. The number of carbonyl (C=O) groups excluding carboxylic acids is 1. The van der Waals surface area contributed by atoms with Crippen molar-refractivity contribution < 1.29 is 9.53 Å².